The quantitative estimate of drug-likeness (QED) is 0.594. The second kappa shape index (κ2) is 5.51. The molecule has 19 heavy (non-hydrogen) atoms. The molecule has 3 rings (SSSR count). The van der Waals surface area contributed by atoms with Crippen LogP contribution in [0.2, 0.25) is 5.15 Å². The van der Waals surface area contributed by atoms with Crippen LogP contribution in [0.1, 0.15) is 19.1 Å². The fraction of sp³-hybridized carbons (Fsp3) is 0.500. The molecule has 2 aromatic heterocycles. The van der Waals surface area contributed by atoms with Crippen LogP contribution in [0.25, 0.3) is 11.0 Å². The summed E-state index contributed by atoms with van der Waals surface area (Å²) < 4.78 is 14.2. The van der Waals surface area contributed by atoms with E-state index in [0.717, 1.165) is 27.4 Å². The van der Waals surface area contributed by atoms with Crippen molar-refractivity contribution in [2.45, 2.75) is 25.2 Å². The third kappa shape index (κ3) is 2.46. The molecule has 0 N–H and O–H groups in total. The van der Waals surface area contributed by atoms with Crippen LogP contribution >= 0.6 is 34.2 Å². The molecule has 0 unspecified atom stereocenters. The molecule has 1 aliphatic rings. The number of hydrogen-bond acceptors (Lipinski definition) is 4. The largest absolute Gasteiger partial charge is 0.382 e. The second-order valence-electron chi connectivity index (χ2n) is 4.49. The highest BCUT2D eigenvalue weighted by molar-refractivity contribution is 14.1. The average Bonchev–Trinajstić information content (AvgIpc) is 2.96. The lowest BCUT2D eigenvalue weighted by molar-refractivity contribution is -0.0299. The van der Waals surface area contributed by atoms with Crippen molar-refractivity contribution in [2.24, 2.45) is 0 Å². The van der Waals surface area contributed by atoms with Crippen LogP contribution in [0, 0.1) is 3.57 Å². The third-order valence-corrected chi connectivity index (χ3v) is 4.37. The zero-order valence-electron chi connectivity index (χ0n) is 10.3. The molecule has 1 fully saturated rings. The monoisotopic (exact) mass is 393 g/mol. The predicted molar refractivity (Wildman–Crippen MR) is 80.3 cm³/mol. The summed E-state index contributed by atoms with van der Waals surface area (Å²) in [5.74, 6) is 0. The van der Waals surface area contributed by atoms with Gasteiger partial charge in [-0.3, -0.25) is 0 Å². The minimum Gasteiger partial charge on any atom is -0.382 e. The Hall–Kier alpha value is -0.440. The van der Waals surface area contributed by atoms with Gasteiger partial charge in [0.25, 0.3) is 0 Å². The normalized spacial score (nSPS) is 23.3. The lowest BCUT2D eigenvalue weighted by Crippen LogP contribution is -2.15. The van der Waals surface area contributed by atoms with Gasteiger partial charge in [-0.25, -0.2) is 9.97 Å². The van der Waals surface area contributed by atoms with Crippen molar-refractivity contribution in [3.05, 3.63) is 21.2 Å². The van der Waals surface area contributed by atoms with E-state index >= 15 is 0 Å². The van der Waals surface area contributed by atoms with Crippen molar-refractivity contribution in [3.8, 4) is 0 Å². The van der Waals surface area contributed by atoms with Crippen LogP contribution in [0.5, 0.6) is 0 Å². The van der Waals surface area contributed by atoms with E-state index in [1.54, 1.807) is 7.11 Å². The van der Waals surface area contributed by atoms with Gasteiger partial charge in [0.1, 0.15) is 23.4 Å². The molecule has 7 heteroatoms. The predicted octanol–water partition coefficient (Wildman–Crippen LogP) is 3.01. The maximum atomic E-state index is 6.13. The Kier molecular flexibility index (Phi) is 3.93. The lowest BCUT2D eigenvalue weighted by Gasteiger charge is -2.15. The number of aromatic nitrogens is 3. The number of hydrogen-bond donors (Lipinski definition) is 0. The Balaban J connectivity index is 1.96. The molecule has 5 nitrogen and oxygen atoms in total. The van der Waals surface area contributed by atoms with Crippen molar-refractivity contribution in [1.82, 2.24) is 14.5 Å². The highest BCUT2D eigenvalue weighted by Gasteiger charge is 2.28. The number of rotatable bonds is 3. The Morgan fingerprint density at radius 1 is 1.53 bits per heavy atom. The first kappa shape index (κ1) is 13.5. The van der Waals surface area contributed by atoms with Gasteiger partial charge in [0.05, 0.1) is 18.1 Å². The smallest absolute Gasteiger partial charge is 0.148 e. The molecule has 0 spiro atoms. The summed E-state index contributed by atoms with van der Waals surface area (Å²) in [6.07, 6.45) is 5.60. The Morgan fingerprint density at radius 2 is 2.37 bits per heavy atom. The molecule has 3 heterocycles. The standard InChI is InChI=1S/C12H13ClIN3O2/c1-18-5-7-2-3-9(19-7)17-4-8(14)10-11(13)15-6-16-12(10)17/h4,6-7,9H,2-3,5H2,1H3/t7-,9+/m0/s1. The number of fused-ring (bicyclic) bond motifs is 1. The highest BCUT2D eigenvalue weighted by Crippen LogP contribution is 2.34. The molecule has 0 saturated carbocycles. The van der Waals surface area contributed by atoms with Crippen LogP contribution in [0.4, 0.5) is 0 Å². The van der Waals surface area contributed by atoms with E-state index in [-0.39, 0.29) is 12.3 Å². The minimum atomic E-state index is -0.00265. The third-order valence-electron chi connectivity index (χ3n) is 3.26. The van der Waals surface area contributed by atoms with E-state index < -0.39 is 0 Å². The van der Waals surface area contributed by atoms with Gasteiger partial charge >= 0.3 is 0 Å². The van der Waals surface area contributed by atoms with Crippen molar-refractivity contribution < 1.29 is 9.47 Å². The van der Waals surface area contributed by atoms with Crippen LogP contribution in [0.3, 0.4) is 0 Å². The number of ether oxygens (including phenoxy) is 2. The zero-order chi connectivity index (χ0) is 13.4. The molecule has 0 aliphatic carbocycles. The molecule has 2 aromatic rings. The summed E-state index contributed by atoms with van der Waals surface area (Å²) in [6.45, 7) is 0.628. The van der Waals surface area contributed by atoms with Crippen molar-refractivity contribution >= 4 is 45.2 Å². The average molecular weight is 394 g/mol. The first-order valence-electron chi connectivity index (χ1n) is 6.01. The Bertz CT molecular complexity index is 604. The minimum absolute atomic E-state index is 0.00265. The zero-order valence-corrected chi connectivity index (χ0v) is 13.3. The number of nitrogens with zero attached hydrogens (tertiary/aromatic N) is 3. The maximum Gasteiger partial charge on any atom is 0.148 e. The van der Waals surface area contributed by atoms with Gasteiger partial charge in [-0.2, -0.15) is 0 Å². The SMILES string of the molecule is COC[C@@H]1CC[C@H](n2cc(I)c3c(Cl)ncnc32)O1. The van der Waals surface area contributed by atoms with Crippen LogP contribution in [0.15, 0.2) is 12.5 Å². The van der Waals surface area contributed by atoms with E-state index in [2.05, 4.69) is 32.6 Å². The molecular weight excluding hydrogens is 381 g/mol. The van der Waals surface area contributed by atoms with Gasteiger partial charge in [-0.15, -0.1) is 0 Å². The van der Waals surface area contributed by atoms with Gasteiger partial charge in [-0.1, -0.05) is 11.6 Å². The molecule has 0 aromatic carbocycles. The van der Waals surface area contributed by atoms with E-state index in [0.29, 0.717) is 11.8 Å². The second-order valence-corrected chi connectivity index (χ2v) is 6.01. The van der Waals surface area contributed by atoms with Crippen molar-refractivity contribution in [2.75, 3.05) is 13.7 Å². The first-order chi connectivity index (χ1) is 9.20. The lowest BCUT2D eigenvalue weighted by atomic mass is 10.2. The molecule has 1 saturated heterocycles. The molecule has 1 aliphatic heterocycles. The molecule has 2 atom stereocenters. The molecule has 0 amide bonds. The molecular formula is C12H13ClIN3O2. The molecule has 102 valence electrons. The molecule has 0 radical (unpaired) electrons. The topological polar surface area (TPSA) is 49.2 Å². The number of halogens is 2. The molecule has 0 bridgehead atoms. The summed E-state index contributed by atoms with van der Waals surface area (Å²) >= 11 is 8.38. The first-order valence-corrected chi connectivity index (χ1v) is 7.47. The maximum absolute atomic E-state index is 6.13. The van der Waals surface area contributed by atoms with Crippen LogP contribution < -0.4 is 0 Å². The Labute approximate surface area is 129 Å². The van der Waals surface area contributed by atoms with Crippen molar-refractivity contribution in [3.63, 3.8) is 0 Å². The Morgan fingerprint density at radius 3 is 3.16 bits per heavy atom. The van der Waals surface area contributed by atoms with Gasteiger partial charge in [0.2, 0.25) is 0 Å². The fourth-order valence-corrected chi connectivity index (χ4v) is 3.61. The summed E-state index contributed by atoms with van der Waals surface area (Å²) in [7, 11) is 1.69. The van der Waals surface area contributed by atoms with Gasteiger partial charge in [-0.05, 0) is 35.4 Å². The van der Waals surface area contributed by atoms with Gasteiger partial charge in [0, 0.05) is 16.9 Å². The van der Waals surface area contributed by atoms with E-state index in [1.807, 2.05) is 10.8 Å². The van der Waals surface area contributed by atoms with E-state index in [9.17, 15) is 0 Å². The van der Waals surface area contributed by atoms with Crippen LogP contribution in [-0.2, 0) is 9.47 Å². The van der Waals surface area contributed by atoms with E-state index in [1.165, 1.54) is 6.33 Å². The number of methoxy groups -OCH3 is 1. The van der Waals surface area contributed by atoms with Gasteiger partial charge < -0.3 is 14.0 Å². The summed E-state index contributed by atoms with van der Waals surface area (Å²) in [5.41, 5.74) is 0.826. The van der Waals surface area contributed by atoms with Gasteiger partial charge in [0.15, 0.2) is 0 Å². The summed E-state index contributed by atoms with van der Waals surface area (Å²) in [4.78, 5) is 8.36. The summed E-state index contributed by atoms with van der Waals surface area (Å²) in [5, 5.41) is 1.38. The fourth-order valence-electron chi connectivity index (χ4n) is 2.42. The summed E-state index contributed by atoms with van der Waals surface area (Å²) in [6, 6.07) is 0. The van der Waals surface area contributed by atoms with Crippen LogP contribution in [-0.4, -0.2) is 34.4 Å². The highest BCUT2D eigenvalue weighted by atomic mass is 127. The van der Waals surface area contributed by atoms with Crippen molar-refractivity contribution in [1.29, 1.82) is 0 Å². The van der Waals surface area contributed by atoms with E-state index in [4.69, 9.17) is 21.1 Å².